The summed E-state index contributed by atoms with van der Waals surface area (Å²) in [5, 5.41) is 24.9. The summed E-state index contributed by atoms with van der Waals surface area (Å²) < 4.78 is 5.12. The first kappa shape index (κ1) is 19.0. The fraction of sp³-hybridized carbons (Fsp3) is 0.500. The Labute approximate surface area is 149 Å². The zero-order chi connectivity index (χ0) is 18.6. The molecular formula is C16H21N3O5S. The third-order valence-corrected chi connectivity index (χ3v) is 5.15. The molecule has 0 radical (unpaired) electrons. The van der Waals surface area contributed by atoms with Crippen LogP contribution < -0.4 is 10.9 Å². The Morgan fingerprint density at radius 1 is 1.56 bits per heavy atom. The van der Waals surface area contributed by atoms with Gasteiger partial charge in [-0.15, -0.1) is 11.8 Å². The van der Waals surface area contributed by atoms with Crippen LogP contribution in [0.5, 0.6) is 5.75 Å². The standard InChI is InChI=1S/C16H21N3O5S/c1-4-5-11(12-6-10(20)7-13(21)24-12)17-15(22)16(3)8-25-14(18-16)9(2)19-23/h6-7,11,20,23H,4-5,8H2,1-3H3,(H,17,22)/b19-9+/t11-,16+/m1/s1. The van der Waals surface area contributed by atoms with Crippen molar-refractivity contribution >= 4 is 28.4 Å². The highest BCUT2D eigenvalue weighted by Crippen LogP contribution is 2.30. The number of oxime groups is 1. The lowest BCUT2D eigenvalue weighted by Gasteiger charge is -2.23. The zero-order valence-electron chi connectivity index (χ0n) is 14.3. The molecular weight excluding hydrogens is 346 g/mol. The Morgan fingerprint density at radius 3 is 2.88 bits per heavy atom. The molecule has 0 unspecified atom stereocenters. The van der Waals surface area contributed by atoms with Crippen LogP contribution in [0.25, 0.3) is 0 Å². The van der Waals surface area contributed by atoms with Gasteiger partial charge in [-0.2, -0.15) is 0 Å². The Balaban J connectivity index is 2.23. The number of aromatic hydroxyl groups is 1. The number of nitrogens with zero attached hydrogens (tertiary/aromatic N) is 2. The van der Waals surface area contributed by atoms with E-state index in [4.69, 9.17) is 9.62 Å². The maximum atomic E-state index is 12.7. The average molecular weight is 367 g/mol. The van der Waals surface area contributed by atoms with Gasteiger partial charge in [0.2, 0.25) is 5.91 Å². The highest BCUT2D eigenvalue weighted by molar-refractivity contribution is 8.16. The van der Waals surface area contributed by atoms with E-state index in [0.29, 0.717) is 22.9 Å². The van der Waals surface area contributed by atoms with Crippen molar-refractivity contribution in [1.29, 1.82) is 0 Å². The summed E-state index contributed by atoms with van der Waals surface area (Å²) in [4.78, 5) is 28.6. The normalized spacial score (nSPS) is 21.7. The summed E-state index contributed by atoms with van der Waals surface area (Å²) in [6, 6.07) is 1.74. The van der Waals surface area contributed by atoms with E-state index in [1.165, 1.54) is 17.8 Å². The van der Waals surface area contributed by atoms with Crippen LogP contribution in [0.15, 0.2) is 31.5 Å². The minimum absolute atomic E-state index is 0.201. The SMILES string of the molecule is CCC[C@@H](NC(=O)[C@]1(C)CSC(/C(C)=N/O)=N1)c1cc(O)cc(=O)o1. The van der Waals surface area contributed by atoms with Gasteiger partial charge in [0.15, 0.2) is 0 Å². The summed E-state index contributed by atoms with van der Waals surface area (Å²) in [6.07, 6.45) is 1.27. The lowest BCUT2D eigenvalue weighted by molar-refractivity contribution is -0.125. The van der Waals surface area contributed by atoms with Gasteiger partial charge in [-0.25, -0.2) is 4.79 Å². The minimum atomic E-state index is -1.02. The Bertz CT molecular complexity index is 773. The second kappa shape index (κ2) is 7.73. The van der Waals surface area contributed by atoms with Crippen LogP contribution in [-0.2, 0) is 4.79 Å². The van der Waals surface area contributed by atoms with Gasteiger partial charge in [0, 0.05) is 11.8 Å². The molecule has 1 aliphatic heterocycles. The fourth-order valence-electron chi connectivity index (χ4n) is 2.38. The van der Waals surface area contributed by atoms with Gasteiger partial charge in [-0.1, -0.05) is 18.5 Å². The number of carbonyl (C=O) groups excluding carboxylic acids is 1. The van der Waals surface area contributed by atoms with Crippen LogP contribution in [-0.4, -0.2) is 38.3 Å². The van der Waals surface area contributed by atoms with Gasteiger partial charge in [-0.05, 0) is 20.3 Å². The molecule has 0 saturated carbocycles. The molecule has 1 aromatic heterocycles. The molecule has 0 fully saturated rings. The number of nitrogens with one attached hydrogen (secondary N) is 1. The number of carbonyl (C=O) groups is 1. The molecule has 0 saturated heterocycles. The molecule has 2 atom stereocenters. The van der Waals surface area contributed by atoms with Crippen molar-refractivity contribution in [3.05, 3.63) is 28.3 Å². The average Bonchev–Trinajstić information content (AvgIpc) is 2.96. The third kappa shape index (κ3) is 4.41. The molecule has 3 N–H and O–H groups in total. The van der Waals surface area contributed by atoms with Gasteiger partial charge in [0.1, 0.15) is 27.8 Å². The predicted octanol–water partition coefficient (Wildman–Crippen LogP) is 2.06. The van der Waals surface area contributed by atoms with Crippen LogP contribution >= 0.6 is 11.8 Å². The summed E-state index contributed by atoms with van der Waals surface area (Å²) in [5.41, 5.74) is -1.34. The molecule has 1 aliphatic rings. The number of hydrogen-bond donors (Lipinski definition) is 3. The second-order valence-corrected chi connectivity index (χ2v) is 6.98. The highest BCUT2D eigenvalue weighted by Gasteiger charge is 2.40. The Hall–Kier alpha value is -2.29. The molecule has 25 heavy (non-hydrogen) atoms. The fourth-order valence-corrected chi connectivity index (χ4v) is 3.51. The van der Waals surface area contributed by atoms with Crippen LogP contribution in [0, 0.1) is 0 Å². The summed E-state index contributed by atoms with van der Waals surface area (Å²) >= 11 is 1.34. The molecule has 0 aliphatic carbocycles. The zero-order valence-corrected chi connectivity index (χ0v) is 15.1. The molecule has 136 valence electrons. The van der Waals surface area contributed by atoms with Crippen molar-refractivity contribution in [3.8, 4) is 5.75 Å². The summed E-state index contributed by atoms with van der Waals surface area (Å²) in [7, 11) is 0. The Kier molecular flexibility index (Phi) is 5.89. The van der Waals surface area contributed by atoms with Crippen molar-refractivity contribution < 1.29 is 19.5 Å². The van der Waals surface area contributed by atoms with Crippen molar-refractivity contribution in [2.75, 3.05) is 5.75 Å². The van der Waals surface area contributed by atoms with Crippen molar-refractivity contribution in [2.45, 2.75) is 45.2 Å². The molecule has 1 amide bonds. The van der Waals surface area contributed by atoms with Crippen LogP contribution in [0.4, 0.5) is 0 Å². The molecule has 0 spiro atoms. The number of hydrogen-bond acceptors (Lipinski definition) is 8. The number of amides is 1. The summed E-state index contributed by atoms with van der Waals surface area (Å²) in [5.74, 6) is 0.0698. The smallest absolute Gasteiger partial charge is 0.339 e. The quantitative estimate of drug-likeness (QED) is 0.401. The number of thioether (sulfide) groups is 1. The monoisotopic (exact) mass is 367 g/mol. The van der Waals surface area contributed by atoms with E-state index >= 15 is 0 Å². The van der Waals surface area contributed by atoms with Gasteiger partial charge < -0.3 is 20.0 Å². The molecule has 2 rings (SSSR count). The first-order valence-corrected chi connectivity index (χ1v) is 8.84. The lowest BCUT2D eigenvalue weighted by atomic mass is 10.0. The van der Waals surface area contributed by atoms with Crippen LogP contribution in [0.2, 0.25) is 0 Å². The predicted molar refractivity (Wildman–Crippen MR) is 95.6 cm³/mol. The number of rotatable bonds is 6. The van der Waals surface area contributed by atoms with Crippen molar-refractivity contribution in [3.63, 3.8) is 0 Å². The number of aliphatic imine (C=N–C) groups is 1. The molecule has 2 heterocycles. The topological polar surface area (TPSA) is 124 Å². The minimum Gasteiger partial charge on any atom is -0.508 e. The largest absolute Gasteiger partial charge is 0.508 e. The highest BCUT2D eigenvalue weighted by atomic mass is 32.2. The van der Waals surface area contributed by atoms with Gasteiger partial charge >= 0.3 is 5.63 Å². The first-order valence-electron chi connectivity index (χ1n) is 7.85. The van der Waals surface area contributed by atoms with Crippen LogP contribution in [0.1, 0.15) is 45.4 Å². The van der Waals surface area contributed by atoms with E-state index in [1.54, 1.807) is 13.8 Å². The Morgan fingerprint density at radius 2 is 2.28 bits per heavy atom. The second-order valence-electron chi connectivity index (χ2n) is 6.02. The third-order valence-electron chi connectivity index (χ3n) is 3.79. The van der Waals surface area contributed by atoms with Crippen LogP contribution in [0.3, 0.4) is 0 Å². The molecule has 9 heteroatoms. The summed E-state index contributed by atoms with van der Waals surface area (Å²) in [6.45, 7) is 5.23. The van der Waals surface area contributed by atoms with Crippen molar-refractivity contribution in [1.82, 2.24) is 5.32 Å². The van der Waals surface area contributed by atoms with Crippen molar-refractivity contribution in [2.24, 2.45) is 10.1 Å². The van der Waals surface area contributed by atoms with E-state index in [9.17, 15) is 14.7 Å². The lowest BCUT2D eigenvalue weighted by Crippen LogP contribution is -2.45. The molecule has 0 bridgehead atoms. The van der Waals surface area contributed by atoms with Gasteiger partial charge in [-0.3, -0.25) is 9.79 Å². The molecule has 0 aromatic carbocycles. The van der Waals surface area contributed by atoms with Gasteiger partial charge in [0.25, 0.3) is 0 Å². The van der Waals surface area contributed by atoms with Gasteiger partial charge in [0.05, 0.1) is 12.1 Å². The molecule has 1 aromatic rings. The maximum Gasteiger partial charge on any atom is 0.339 e. The maximum absolute atomic E-state index is 12.7. The first-order chi connectivity index (χ1) is 11.8. The molecule has 8 nitrogen and oxygen atoms in total. The van der Waals surface area contributed by atoms with E-state index in [2.05, 4.69) is 15.5 Å². The van der Waals surface area contributed by atoms with E-state index in [1.807, 2.05) is 6.92 Å². The van der Waals surface area contributed by atoms with E-state index in [0.717, 1.165) is 12.5 Å². The van der Waals surface area contributed by atoms with E-state index in [-0.39, 0.29) is 17.4 Å². The van der Waals surface area contributed by atoms with E-state index < -0.39 is 17.2 Å².